The Balaban J connectivity index is 2.01. The topological polar surface area (TPSA) is 29.3 Å². The van der Waals surface area contributed by atoms with Gasteiger partial charge in [-0.1, -0.05) is 18.3 Å². The molecule has 0 saturated heterocycles. The molecule has 0 unspecified atom stereocenters. The highest BCUT2D eigenvalue weighted by atomic mass is 32.2. The highest BCUT2D eigenvalue weighted by molar-refractivity contribution is 7.98. The average Bonchev–Trinajstić information content (AvgIpc) is 2.93. The van der Waals surface area contributed by atoms with E-state index >= 15 is 0 Å². The first-order valence-electron chi connectivity index (χ1n) is 6.47. The Labute approximate surface area is 133 Å². The number of hydrogen-bond acceptors (Lipinski definition) is 4. The summed E-state index contributed by atoms with van der Waals surface area (Å²) in [5, 5.41) is 2.18. The summed E-state index contributed by atoms with van der Waals surface area (Å²) in [5.74, 6) is 0. The van der Waals surface area contributed by atoms with Gasteiger partial charge in [-0.05, 0) is 41.8 Å². The Morgan fingerprint density at radius 3 is 3.00 bits per heavy atom. The van der Waals surface area contributed by atoms with E-state index in [1.54, 1.807) is 11.8 Å². The van der Waals surface area contributed by atoms with Gasteiger partial charge < -0.3 is 10.6 Å². The molecular weight excluding hydrogens is 304 g/mol. The lowest BCUT2D eigenvalue weighted by Crippen LogP contribution is -2.31. The molecule has 104 valence electrons. The van der Waals surface area contributed by atoms with Crippen molar-refractivity contribution in [1.29, 1.82) is 0 Å². The van der Waals surface area contributed by atoms with Gasteiger partial charge in [0.2, 0.25) is 0 Å². The van der Waals surface area contributed by atoms with Crippen LogP contribution in [0.5, 0.6) is 0 Å². The molecule has 0 radical (unpaired) electrons. The molecule has 0 fully saturated rings. The van der Waals surface area contributed by atoms with Crippen molar-refractivity contribution in [2.45, 2.75) is 17.9 Å². The average molecular weight is 321 g/mol. The third kappa shape index (κ3) is 2.45. The summed E-state index contributed by atoms with van der Waals surface area (Å²) < 4.78 is 0. The van der Waals surface area contributed by atoms with Gasteiger partial charge in [-0.25, -0.2) is 0 Å². The molecule has 20 heavy (non-hydrogen) atoms. The fraction of sp³-hybridized carbons (Fsp3) is 0.267. The summed E-state index contributed by atoms with van der Waals surface area (Å²) >= 11 is 8.83. The normalized spacial score (nSPS) is 14.2. The fourth-order valence-corrected chi connectivity index (χ4v) is 4.46. The van der Waals surface area contributed by atoms with Crippen molar-refractivity contribution in [3.63, 3.8) is 0 Å². The minimum Gasteiger partial charge on any atom is -0.389 e. The first kappa shape index (κ1) is 13.9. The minimum absolute atomic E-state index is 0.487. The molecule has 2 aromatic rings. The van der Waals surface area contributed by atoms with Crippen molar-refractivity contribution >= 4 is 46.0 Å². The van der Waals surface area contributed by atoms with Gasteiger partial charge in [0, 0.05) is 34.1 Å². The third-order valence-electron chi connectivity index (χ3n) is 3.62. The first-order valence-corrected chi connectivity index (χ1v) is 8.99. The molecule has 0 bridgehead atoms. The van der Waals surface area contributed by atoms with Crippen LogP contribution in [0.1, 0.15) is 16.0 Å². The van der Waals surface area contributed by atoms with Gasteiger partial charge in [0.05, 0.1) is 0 Å². The predicted molar refractivity (Wildman–Crippen MR) is 93.2 cm³/mol. The van der Waals surface area contributed by atoms with E-state index in [0.717, 1.165) is 30.0 Å². The Bertz CT molecular complexity index is 648. The molecule has 0 spiro atoms. The summed E-state index contributed by atoms with van der Waals surface area (Å²) in [4.78, 5) is 5.55. The molecule has 2 nitrogen and oxygen atoms in total. The number of rotatable bonds is 3. The molecule has 2 N–H and O–H groups in total. The lowest BCUT2D eigenvalue weighted by atomic mass is 10.1. The van der Waals surface area contributed by atoms with Crippen LogP contribution in [0.4, 0.5) is 5.69 Å². The van der Waals surface area contributed by atoms with Crippen molar-refractivity contribution < 1.29 is 0 Å². The second-order valence-electron chi connectivity index (χ2n) is 4.76. The molecule has 1 aliphatic rings. The maximum absolute atomic E-state index is 5.97. The van der Waals surface area contributed by atoms with Crippen LogP contribution in [0.2, 0.25) is 0 Å². The number of hydrogen-bond donors (Lipinski definition) is 1. The first-order chi connectivity index (χ1) is 9.70. The maximum atomic E-state index is 5.97. The molecule has 2 heterocycles. The van der Waals surface area contributed by atoms with Gasteiger partial charge in [0.25, 0.3) is 0 Å². The van der Waals surface area contributed by atoms with Crippen LogP contribution in [-0.2, 0) is 13.0 Å². The molecular formula is C15H16N2S3. The zero-order chi connectivity index (χ0) is 14.1. The lowest BCUT2D eigenvalue weighted by Gasteiger charge is -2.31. The van der Waals surface area contributed by atoms with E-state index in [2.05, 4.69) is 40.8 Å². The SMILES string of the molecule is CSc1cccc(N2CCc3sccc3C2)c1C(N)=S. The largest absolute Gasteiger partial charge is 0.389 e. The quantitative estimate of drug-likeness (QED) is 0.690. The van der Waals surface area contributed by atoms with E-state index in [-0.39, 0.29) is 0 Å². The van der Waals surface area contributed by atoms with Gasteiger partial charge in [-0.15, -0.1) is 23.1 Å². The Hall–Kier alpha value is -1.04. The fourth-order valence-electron chi connectivity index (χ4n) is 2.65. The highest BCUT2D eigenvalue weighted by Crippen LogP contribution is 2.33. The van der Waals surface area contributed by atoms with E-state index in [4.69, 9.17) is 18.0 Å². The molecule has 0 atom stereocenters. The van der Waals surface area contributed by atoms with Crippen molar-refractivity contribution in [3.8, 4) is 0 Å². The summed E-state index contributed by atoms with van der Waals surface area (Å²) in [6.07, 6.45) is 3.17. The molecule has 0 amide bonds. The number of nitrogens with two attached hydrogens (primary N) is 1. The molecule has 1 aromatic heterocycles. The van der Waals surface area contributed by atoms with Crippen LogP contribution < -0.4 is 10.6 Å². The monoisotopic (exact) mass is 320 g/mol. The van der Waals surface area contributed by atoms with Crippen molar-refractivity contribution in [1.82, 2.24) is 0 Å². The molecule has 5 heteroatoms. The second kappa shape index (κ2) is 5.76. The molecule has 1 aromatic carbocycles. The standard InChI is InChI=1S/C15H16N2S3/c1-19-13-4-2-3-11(14(13)15(16)18)17-7-5-12-10(9-17)6-8-20-12/h2-4,6,8H,5,7,9H2,1H3,(H2,16,18). The van der Waals surface area contributed by atoms with E-state index in [1.165, 1.54) is 16.1 Å². The zero-order valence-corrected chi connectivity index (χ0v) is 13.7. The molecule has 3 rings (SSSR count). The number of fused-ring (bicyclic) bond motifs is 1. The van der Waals surface area contributed by atoms with Gasteiger partial charge in [0.1, 0.15) is 4.99 Å². The molecule has 0 saturated carbocycles. The summed E-state index contributed by atoms with van der Waals surface area (Å²) in [7, 11) is 0. The van der Waals surface area contributed by atoms with Crippen LogP contribution in [-0.4, -0.2) is 17.8 Å². The third-order valence-corrected chi connectivity index (χ3v) is 5.63. The summed E-state index contributed by atoms with van der Waals surface area (Å²) in [6, 6.07) is 8.53. The number of anilines is 1. The molecule has 0 aliphatic carbocycles. The smallest absolute Gasteiger partial charge is 0.107 e. The van der Waals surface area contributed by atoms with E-state index in [9.17, 15) is 0 Å². The zero-order valence-electron chi connectivity index (χ0n) is 11.3. The van der Waals surface area contributed by atoms with Crippen molar-refractivity contribution in [2.75, 3.05) is 17.7 Å². The Morgan fingerprint density at radius 2 is 2.25 bits per heavy atom. The van der Waals surface area contributed by atoms with Gasteiger partial charge in [-0.2, -0.15) is 0 Å². The van der Waals surface area contributed by atoms with E-state index in [1.807, 2.05) is 11.3 Å². The van der Waals surface area contributed by atoms with Crippen LogP contribution in [0.3, 0.4) is 0 Å². The number of benzene rings is 1. The Kier molecular flexibility index (Phi) is 4.01. The number of thiophene rings is 1. The Morgan fingerprint density at radius 1 is 1.40 bits per heavy atom. The highest BCUT2D eigenvalue weighted by Gasteiger charge is 2.21. The number of thiocarbonyl (C=S) groups is 1. The molecule has 1 aliphatic heterocycles. The van der Waals surface area contributed by atoms with E-state index in [0.29, 0.717) is 4.99 Å². The van der Waals surface area contributed by atoms with Gasteiger partial charge in [0.15, 0.2) is 0 Å². The van der Waals surface area contributed by atoms with Crippen molar-refractivity contribution in [3.05, 3.63) is 45.6 Å². The van der Waals surface area contributed by atoms with Gasteiger partial charge >= 0.3 is 0 Å². The number of nitrogens with zero attached hydrogens (tertiary/aromatic N) is 1. The summed E-state index contributed by atoms with van der Waals surface area (Å²) in [5.41, 5.74) is 9.59. The lowest BCUT2D eigenvalue weighted by molar-refractivity contribution is 0.742. The van der Waals surface area contributed by atoms with Gasteiger partial charge in [-0.3, -0.25) is 0 Å². The van der Waals surface area contributed by atoms with Crippen LogP contribution in [0.15, 0.2) is 34.5 Å². The van der Waals surface area contributed by atoms with E-state index < -0.39 is 0 Å². The van der Waals surface area contributed by atoms with Crippen molar-refractivity contribution in [2.24, 2.45) is 5.73 Å². The summed E-state index contributed by atoms with van der Waals surface area (Å²) in [6.45, 7) is 1.98. The van der Waals surface area contributed by atoms with Crippen LogP contribution in [0, 0.1) is 0 Å². The minimum atomic E-state index is 0.487. The predicted octanol–water partition coefficient (Wildman–Crippen LogP) is 3.67. The number of thioether (sulfide) groups is 1. The maximum Gasteiger partial charge on any atom is 0.107 e. The second-order valence-corrected chi connectivity index (χ2v) is 7.05. The van der Waals surface area contributed by atoms with Crippen LogP contribution >= 0.6 is 35.3 Å². The van der Waals surface area contributed by atoms with Crippen LogP contribution in [0.25, 0.3) is 0 Å².